The lowest BCUT2D eigenvalue weighted by atomic mass is 10.1. The van der Waals surface area contributed by atoms with Crippen LogP contribution in [0.25, 0.3) is 16.3 Å². The van der Waals surface area contributed by atoms with Crippen molar-refractivity contribution >= 4 is 17.2 Å². The number of aromatic nitrogens is 2. The van der Waals surface area contributed by atoms with Crippen molar-refractivity contribution in [3.05, 3.63) is 59.6 Å². The molecule has 7 heteroatoms. The molecule has 1 aliphatic heterocycles. The highest BCUT2D eigenvalue weighted by Crippen LogP contribution is 2.28. The second-order valence-corrected chi connectivity index (χ2v) is 7.89. The van der Waals surface area contributed by atoms with Gasteiger partial charge in [0, 0.05) is 44.4 Å². The Balaban J connectivity index is 1.54. The van der Waals surface area contributed by atoms with E-state index >= 15 is 0 Å². The van der Waals surface area contributed by atoms with Crippen molar-refractivity contribution in [2.75, 3.05) is 26.8 Å². The molecule has 28 heavy (non-hydrogen) atoms. The van der Waals surface area contributed by atoms with E-state index in [4.69, 9.17) is 9.84 Å². The van der Waals surface area contributed by atoms with E-state index in [1.54, 1.807) is 16.2 Å². The van der Waals surface area contributed by atoms with Crippen molar-refractivity contribution < 1.29 is 9.53 Å². The van der Waals surface area contributed by atoms with Crippen LogP contribution < -0.4 is 5.32 Å². The summed E-state index contributed by atoms with van der Waals surface area (Å²) >= 11 is 1.66. The first kappa shape index (κ1) is 18.9. The van der Waals surface area contributed by atoms with Gasteiger partial charge in [-0.25, -0.2) is 4.68 Å². The first-order valence-electron chi connectivity index (χ1n) is 9.43. The lowest BCUT2D eigenvalue weighted by Crippen LogP contribution is -2.44. The highest BCUT2D eigenvalue weighted by Gasteiger charge is 2.21. The van der Waals surface area contributed by atoms with Gasteiger partial charge in [-0.1, -0.05) is 24.3 Å². The minimum absolute atomic E-state index is 0.0903. The molecule has 1 aliphatic rings. The van der Waals surface area contributed by atoms with Crippen molar-refractivity contribution in [1.82, 2.24) is 20.0 Å². The molecule has 2 aromatic heterocycles. The minimum atomic E-state index is 0.0903. The fourth-order valence-electron chi connectivity index (χ4n) is 3.32. The van der Waals surface area contributed by atoms with Gasteiger partial charge in [-0.2, -0.15) is 5.10 Å². The van der Waals surface area contributed by atoms with E-state index in [0.29, 0.717) is 26.2 Å². The van der Waals surface area contributed by atoms with Crippen molar-refractivity contribution in [2.24, 2.45) is 0 Å². The zero-order valence-corrected chi connectivity index (χ0v) is 16.7. The standard InChI is InChI=1S/C21H24N4O2S/c1-24(20(26)12-17-15-27-10-9-22-17)13-16-14-25(18-6-3-2-4-7-18)23-21(16)19-8-5-11-28-19/h2-8,11,14,17,22H,9-10,12-13,15H2,1H3. The topological polar surface area (TPSA) is 59.4 Å². The quantitative estimate of drug-likeness (QED) is 0.696. The van der Waals surface area contributed by atoms with Crippen LogP contribution in [0.15, 0.2) is 54.0 Å². The Morgan fingerprint density at radius 3 is 2.89 bits per heavy atom. The second kappa shape index (κ2) is 8.68. The number of benzene rings is 1. The third-order valence-corrected chi connectivity index (χ3v) is 5.69. The van der Waals surface area contributed by atoms with Crippen LogP contribution in [0, 0.1) is 0 Å². The van der Waals surface area contributed by atoms with Crippen molar-refractivity contribution in [2.45, 2.75) is 19.0 Å². The Hall–Kier alpha value is -2.48. The molecule has 0 radical (unpaired) electrons. The van der Waals surface area contributed by atoms with Gasteiger partial charge in [0.15, 0.2) is 0 Å². The molecule has 1 saturated heterocycles. The van der Waals surface area contributed by atoms with Crippen LogP contribution in [0.3, 0.4) is 0 Å². The second-order valence-electron chi connectivity index (χ2n) is 6.94. The zero-order valence-electron chi connectivity index (χ0n) is 15.9. The van der Waals surface area contributed by atoms with E-state index in [0.717, 1.165) is 28.4 Å². The predicted molar refractivity (Wildman–Crippen MR) is 111 cm³/mol. The number of morpholine rings is 1. The molecule has 1 N–H and O–H groups in total. The number of thiophene rings is 1. The molecule has 0 saturated carbocycles. The third kappa shape index (κ3) is 4.32. The Labute approximate surface area is 168 Å². The summed E-state index contributed by atoms with van der Waals surface area (Å²) in [6.07, 6.45) is 2.47. The van der Waals surface area contributed by atoms with Gasteiger partial charge < -0.3 is 15.0 Å². The lowest BCUT2D eigenvalue weighted by molar-refractivity contribution is -0.131. The molecule has 0 aliphatic carbocycles. The number of nitrogens with zero attached hydrogens (tertiary/aromatic N) is 3. The number of carbonyl (C=O) groups is 1. The Morgan fingerprint density at radius 2 is 2.18 bits per heavy atom. The van der Waals surface area contributed by atoms with Crippen molar-refractivity contribution in [3.8, 4) is 16.3 Å². The molecule has 1 fully saturated rings. The average molecular weight is 397 g/mol. The largest absolute Gasteiger partial charge is 0.378 e. The number of carbonyl (C=O) groups excluding carboxylic acids is 1. The first-order valence-corrected chi connectivity index (χ1v) is 10.3. The number of nitrogens with one attached hydrogen (secondary N) is 1. The molecule has 6 nitrogen and oxygen atoms in total. The number of hydrogen-bond acceptors (Lipinski definition) is 5. The molecule has 3 aromatic rings. The van der Waals surface area contributed by atoms with E-state index in [9.17, 15) is 4.79 Å². The number of hydrogen-bond donors (Lipinski definition) is 1. The molecule has 1 unspecified atom stereocenters. The summed E-state index contributed by atoms with van der Waals surface area (Å²) in [5, 5.41) is 10.2. The van der Waals surface area contributed by atoms with E-state index in [2.05, 4.69) is 11.4 Å². The van der Waals surface area contributed by atoms with Gasteiger partial charge in [-0.15, -0.1) is 11.3 Å². The molecule has 3 heterocycles. The maximum atomic E-state index is 12.7. The third-order valence-electron chi connectivity index (χ3n) is 4.82. The Kier molecular flexibility index (Phi) is 5.85. The number of ether oxygens (including phenoxy) is 1. The maximum Gasteiger partial charge on any atom is 0.224 e. The van der Waals surface area contributed by atoms with Crippen LogP contribution in [0.5, 0.6) is 0 Å². The van der Waals surface area contributed by atoms with Gasteiger partial charge in [0.25, 0.3) is 0 Å². The van der Waals surface area contributed by atoms with Gasteiger partial charge in [0.05, 0.1) is 23.8 Å². The van der Waals surface area contributed by atoms with E-state index in [-0.39, 0.29) is 11.9 Å². The summed E-state index contributed by atoms with van der Waals surface area (Å²) in [4.78, 5) is 15.6. The van der Waals surface area contributed by atoms with Crippen LogP contribution in [-0.2, 0) is 16.1 Å². The maximum absolute atomic E-state index is 12.7. The first-order chi connectivity index (χ1) is 13.7. The molecule has 1 amide bonds. The summed E-state index contributed by atoms with van der Waals surface area (Å²) < 4.78 is 7.34. The lowest BCUT2D eigenvalue weighted by Gasteiger charge is -2.25. The Morgan fingerprint density at radius 1 is 1.32 bits per heavy atom. The van der Waals surface area contributed by atoms with Crippen molar-refractivity contribution in [1.29, 1.82) is 0 Å². The fraction of sp³-hybridized carbons (Fsp3) is 0.333. The van der Waals surface area contributed by atoms with Crippen LogP contribution in [0.2, 0.25) is 0 Å². The van der Waals surface area contributed by atoms with Gasteiger partial charge in [0.1, 0.15) is 5.69 Å². The van der Waals surface area contributed by atoms with E-state index < -0.39 is 0 Å². The molecular weight excluding hydrogens is 372 g/mol. The molecule has 146 valence electrons. The van der Waals surface area contributed by atoms with Gasteiger partial charge in [-0.3, -0.25) is 4.79 Å². The molecule has 1 aromatic carbocycles. The van der Waals surface area contributed by atoms with Crippen LogP contribution in [-0.4, -0.2) is 53.4 Å². The summed E-state index contributed by atoms with van der Waals surface area (Å²) in [5.74, 6) is 0.104. The molecular formula is C21H24N4O2S. The highest BCUT2D eigenvalue weighted by atomic mass is 32.1. The SMILES string of the molecule is CN(Cc1cn(-c2ccccc2)nc1-c1cccs1)C(=O)CC1COCCN1. The van der Waals surface area contributed by atoms with E-state index in [1.807, 2.05) is 59.7 Å². The smallest absolute Gasteiger partial charge is 0.224 e. The fourth-order valence-corrected chi connectivity index (χ4v) is 4.06. The van der Waals surface area contributed by atoms with Crippen molar-refractivity contribution in [3.63, 3.8) is 0 Å². The Bertz CT molecular complexity index is 902. The van der Waals surface area contributed by atoms with Gasteiger partial charge >= 0.3 is 0 Å². The summed E-state index contributed by atoms with van der Waals surface area (Å²) in [6.45, 7) is 2.62. The van der Waals surface area contributed by atoms with Gasteiger partial charge in [0.2, 0.25) is 5.91 Å². The monoisotopic (exact) mass is 396 g/mol. The van der Waals surface area contributed by atoms with Gasteiger partial charge in [-0.05, 0) is 23.6 Å². The minimum Gasteiger partial charge on any atom is -0.378 e. The summed E-state index contributed by atoms with van der Waals surface area (Å²) in [5.41, 5.74) is 2.97. The number of rotatable bonds is 6. The molecule has 4 rings (SSSR count). The number of para-hydroxylation sites is 1. The van der Waals surface area contributed by atoms with Crippen LogP contribution >= 0.6 is 11.3 Å². The van der Waals surface area contributed by atoms with Crippen LogP contribution in [0.4, 0.5) is 0 Å². The zero-order chi connectivity index (χ0) is 19.3. The summed E-state index contributed by atoms with van der Waals surface area (Å²) in [6, 6.07) is 14.2. The molecule has 0 spiro atoms. The molecule has 0 bridgehead atoms. The predicted octanol–water partition coefficient (Wildman–Crippen LogP) is 2.94. The number of amides is 1. The average Bonchev–Trinajstić information content (AvgIpc) is 3.39. The molecule has 1 atom stereocenters. The highest BCUT2D eigenvalue weighted by molar-refractivity contribution is 7.13. The van der Waals surface area contributed by atoms with Crippen LogP contribution in [0.1, 0.15) is 12.0 Å². The normalized spacial score (nSPS) is 16.8. The van der Waals surface area contributed by atoms with E-state index in [1.165, 1.54) is 0 Å². The summed E-state index contributed by atoms with van der Waals surface area (Å²) in [7, 11) is 1.85.